The van der Waals surface area contributed by atoms with Crippen molar-refractivity contribution in [2.75, 3.05) is 12.4 Å². The summed E-state index contributed by atoms with van der Waals surface area (Å²) in [4.78, 5) is 0. The Balaban J connectivity index is 1.80. The second-order valence-electron chi connectivity index (χ2n) is 1.79. The smallest absolute Gasteiger partial charge is 0.0577 e. The minimum atomic E-state index is 0.604. The van der Waals surface area contributed by atoms with Crippen molar-refractivity contribution in [1.82, 2.24) is 0 Å². The molecule has 2 heteroatoms. The predicted molar refractivity (Wildman–Crippen MR) is 32.8 cm³/mol. The van der Waals surface area contributed by atoms with E-state index in [1.165, 1.54) is 12.8 Å². The van der Waals surface area contributed by atoms with Crippen molar-refractivity contribution in [1.29, 1.82) is 0 Å². The minimum absolute atomic E-state index is 0.604. The Hall–Kier alpha value is 0.310. The SMILES string of the molecule is SCCOC1CC1. The van der Waals surface area contributed by atoms with Gasteiger partial charge in [0.05, 0.1) is 12.7 Å². The quantitative estimate of drug-likeness (QED) is 0.546. The van der Waals surface area contributed by atoms with Gasteiger partial charge in [-0.2, -0.15) is 12.6 Å². The lowest BCUT2D eigenvalue weighted by atomic mass is 10.8. The Kier molecular flexibility index (Phi) is 2.00. The highest BCUT2D eigenvalue weighted by molar-refractivity contribution is 7.80. The molecule has 0 amide bonds. The van der Waals surface area contributed by atoms with E-state index < -0.39 is 0 Å². The van der Waals surface area contributed by atoms with Gasteiger partial charge in [-0.25, -0.2) is 0 Å². The maximum atomic E-state index is 5.23. The van der Waals surface area contributed by atoms with Crippen LogP contribution in [-0.4, -0.2) is 18.5 Å². The first kappa shape index (κ1) is 5.45. The highest BCUT2D eigenvalue weighted by Gasteiger charge is 2.20. The molecule has 0 aromatic rings. The number of hydrogen-bond donors (Lipinski definition) is 1. The zero-order valence-corrected chi connectivity index (χ0v) is 5.16. The molecular weight excluding hydrogens is 108 g/mol. The van der Waals surface area contributed by atoms with Crippen molar-refractivity contribution in [2.45, 2.75) is 18.9 Å². The second kappa shape index (κ2) is 2.58. The lowest BCUT2D eigenvalue weighted by molar-refractivity contribution is 0.135. The van der Waals surface area contributed by atoms with Gasteiger partial charge in [0.1, 0.15) is 0 Å². The monoisotopic (exact) mass is 118 g/mol. The fourth-order valence-electron chi connectivity index (χ4n) is 0.454. The number of rotatable bonds is 3. The first-order valence-corrected chi connectivity index (χ1v) is 3.29. The van der Waals surface area contributed by atoms with Crippen LogP contribution in [0.4, 0.5) is 0 Å². The first-order chi connectivity index (χ1) is 3.43. The van der Waals surface area contributed by atoms with E-state index in [1.54, 1.807) is 0 Å². The van der Waals surface area contributed by atoms with Crippen LogP contribution in [0.1, 0.15) is 12.8 Å². The topological polar surface area (TPSA) is 9.23 Å². The van der Waals surface area contributed by atoms with Gasteiger partial charge in [-0.1, -0.05) is 0 Å². The van der Waals surface area contributed by atoms with Crippen LogP contribution in [0.25, 0.3) is 0 Å². The molecule has 0 aromatic heterocycles. The molecule has 0 radical (unpaired) electrons. The van der Waals surface area contributed by atoms with E-state index in [9.17, 15) is 0 Å². The third-order valence-electron chi connectivity index (χ3n) is 0.969. The van der Waals surface area contributed by atoms with Crippen molar-refractivity contribution in [3.63, 3.8) is 0 Å². The van der Waals surface area contributed by atoms with Crippen molar-refractivity contribution in [3.05, 3.63) is 0 Å². The molecule has 1 aliphatic carbocycles. The fourth-order valence-corrected chi connectivity index (χ4v) is 0.559. The van der Waals surface area contributed by atoms with Crippen LogP contribution in [0.15, 0.2) is 0 Å². The molecule has 0 N–H and O–H groups in total. The van der Waals surface area contributed by atoms with Gasteiger partial charge in [-0.3, -0.25) is 0 Å². The highest BCUT2D eigenvalue weighted by Crippen LogP contribution is 2.22. The summed E-state index contributed by atoms with van der Waals surface area (Å²) in [5, 5.41) is 0. The Morgan fingerprint density at radius 1 is 1.57 bits per heavy atom. The molecule has 7 heavy (non-hydrogen) atoms. The van der Waals surface area contributed by atoms with E-state index >= 15 is 0 Å². The van der Waals surface area contributed by atoms with Gasteiger partial charge in [0.25, 0.3) is 0 Å². The zero-order chi connectivity index (χ0) is 5.11. The molecule has 0 spiro atoms. The third kappa shape index (κ3) is 2.19. The van der Waals surface area contributed by atoms with E-state index in [2.05, 4.69) is 12.6 Å². The number of hydrogen-bond acceptors (Lipinski definition) is 2. The maximum Gasteiger partial charge on any atom is 0.0577 e. The number of thiol groups is 1. The molecule has 1 nitrogen and oxygen atoms in total. The van der Waals surface area contributed by atoms with Gasteiger partial charge >= 0.3 is 0 Å². The van der Waals surface area contributed by atoms with E-state index in [1.807, 2.05) is 0 Å². The Bertz CT molecular complexity index is 52.0. The van der Waals surface area contributed by atoms with Crippen LogP contribution in [-0.2, 0) is 4.74 Å². The molecule has 1 aliphatic rings. The molecule has 0 unspecified atom stereocenters. The summed E-state index contributed by atoms with van der Waals surface area (Å²) in [5.41, 5.74) is 0. The minimum Gasteiger partial charge on any atom is -0.377 e. The van der Waals surface area contributed by atoms with Gasteiger partial charge < -0.3 is 4.74 Å². The second-order valence-corrected chi connectivity index (χ2v) is 2.24. The lowest BCUT2D eigenvalue weighted by Gasteiger charge is -1.93. The summed E-state index contributed by atoms with van der Waals surface area (Å²) in [7, 11) is 0. The van der Waals surface area contributed by atoms with Crippen molar-refractivity contribution < 1.29 is 4.74 Å². The molecular formula is C5H10OS. The molecule has 1 fully saturated rings. The Morgan fingerprint density at radius 2 is 2.29 bits per heavy atom. The van der Waals surface area contributed by atoms with E-state index in [-0.39, 0.29) is 0 Å². The first-order valence-electron chi connectivity index (χ1n) is 2.66. The van der Waals surface area contributed by atoms with Crippen molar-refractivity contribution >= 4 is 12.6 Å². The third-order valence-corrected chi connectivity index (χ3v) is 1.15. The van der Waals surface area contributed by atoms with Gasteiger partial charge in [0.15, 0.2) is 0 Å². The summed E-state index contributed by atoms with van der Waals surface area (Å²) in [6, 6.07) is 0. The maximum absolute atomic E-state index is 5.23. The predicted octanol–water partition coefficient (Wildman–Crippen LogP) is 1.10. The van der Waals surface area contributed by atoms with Gasteiger partial charge in [-0.15, -0.1) is 0 Å². The van der Waals surface area contributed by atoms with Crippen molar-refractivity contribution in [2.24, 2.45) is 0 Å². The lowest BCUT2D eigenvalue weighted by Crippen LogP contribution is -1.95. The van der Waals surface area contributed by atoms with Crippen LogP contribution in [0, 0.1) is 0 Å². The molecule has 0 atom stereocenters. The van der Waals surface area contributed by atoms with Crippen LogP contribution in [0.2, 0.25) is 0 Å². The largest absolute Gasteiger partial charge is 0.377 e. The number of ether oxygens (including phenoxy) is 1. The van der Waals surface area contributed by atoms with E-state index in [0.29, 0.717) is 6.10 Å². The summed E-state index contributed by atoms with van der Waals surface area (Å²) in [5.74, 6) is 0.858. The van der Waals surface area contributed by atoms with Gasteiger partial charge in [0.2, 0.25) is 0 Å². The normalized spacial score (nSPS) is 20.1. The van der Waals surface area contributed by atoms with Crippen LogP contribution < -0.4 is 0 Å². The standard InChI is InChI=1S/C5H10OS/c7-4-3-6-5-1-2-5/h5,7H,1-4H2. The molecule has 0 aliphatic heterocycles. The summed E-state index contributed by atoms with van der Waals surface area (Å²) < 4.78 is 5.23. The van der Waals surface area contributed by atoms with E-state index in [4.69, 9.17) is 4.74 Å². The summed E-state index contributed by atoms with van der Waals surface area (Å²) in [6.45, 7) is 0.827. The van der Waals surface area contributed by atoms with E-state index in [0.717, 1.165) is 12.4 Å². The summed E-state index contributed by atoms with van der Waals surface area (Å²) in [6.07, 6.45) is 3.15. The van der Waals surface area contributed by atoms with Crippen LogP contribution >= 0.6 is 12.6 Å². The Labute approximate surface area is 49.5 Å². The Morgan fingerprint density at radius 3 is 2.71 bits per heavy atom. The summed E-state index contributed by atoms with van der Waals surface area (Å²) >= 11 is 4.00. The van der Waals surface area contributed by atoms with Gasteiger partial charge in [-0.05, 0) is 12.8 Å². The molecule has 0 saturated heterocycles. The van der Waals surface area contributed by atoms with Crippen LogP contribution in [0.5, 0.6) is 0 Å². The average Bonchev–Trinajstić information content (AvgIpc) is 2.42. The highest BCUT2D eigenvalue weighted by atomic mass is 32.1. The van der Waals surface area contributed by atoms with Crippen LogP contribution in [0.3, 0.4) is 0 Å². The molecule has 0 heterocycles. The van der Waals surface area contributed by atoms with Crippen molar-refractivity contribution in [3.8, 4) is 0 Å². The van der Waals surface area contributed by atoms with Gasteiger partial charge in [0, 0.05) is 5.75 Å². The molecule has 1 rings (SSSR count). The molecule has 0 aromatic carbocycles. The fraction of sp³-hybridized carbons (Fsp3) is 1.00. The molecule has 42 valence electrons. The average molecular weight is 118 g/mol. The molecule has 1 saturated carbocycles. The zero-order valence-electron chi connectivity index (χ0n) is 4.26. The molecule has 0 bridgehead atoms.